The molecule has 4 rings (SSSR count). The fourth-order valence-electron chi connectivity index (χ4n) is 2.77. The second-order valence-electron chi connectivity index (χ2n) is 5.98. The van der Waals surface area contributed by atoms with E-state index in [0.717, 1.165) is 28.1 Å². The minimum atomic E-state index is 0.907. The number of nitrogens with zero attached hydrogens (tertiary/aromatic N) is 3. The molecule has 0 spiro atoms. The molecule has 0 atom stereocenters. The highest BCUT2D eigenvalue weighted by Gasteiger charge is 2.09. The van der Waals surface area contributed by atoms with Gasteiger partial charge in [0.25, 0.3) is 0 Å². The van der Waals surface area contributed by atoms with Gasteiger partial charge in [0, 0.05) is 35.9 Å². The normalized spacial score (nSPS) is 10.6. The first kappa shape index (κ1) is 15.2. The van der Waals surface area contributed by atoms with Gasteiger partial charge in [-0.15, -0.1) is 0 Å². The van der Waals surface area contributed by atoms with Crippen LogP contribution in [0.5, 0.6) is 0 Å². The number of rotatable bonds is 3. The molecule has 0 fully saturated rings. The Morgan fingerprint density at radius 2 is 1.16 bits per heavy atom. The van der Waals surface area contributed by atoms with Crippen LogP contribution in [0.15, 0.2) is 85.5 Å². The highest BCUT2D eigenvalue weighted by Crippen LogP contribution is 2.29. The first-order valence-electron chi connectivity index (χ1n) is 8.19. The lowest BCUT2D eigenvalue weighted by Gasteiger charge is -2.10. The molecular formula is C22H17N3. The van der Waals surface area contributed by atoms with E-state index in [2.05, 4.69) is 53.3 Å². The van der Waals surface area contributed by atoms with Crippen LogP contribution >= 0.6 is 0 Å². The maximum absolute atomic E-state index is 4.84. The summed E-state index contributed by atoms with van der Waals surface area (Å²) in [5, 5.41) is 0. The standard InChI is InChI=1S/C22H17N3/c1-16-6-8-17(9-7-16)20-12-21(18-4-2-10-23-14-18)25-22(13-20)19-5-3-11-24-15-19/h2-15H,1H3. The number of benzene rings is 1. The number of pyridine rings is 3. The Morgan fingerprint density at radius 3 is 1.64 bits per heavy atom. The van der Waals surface area contributed by atoms with Gasteiger partial charge in [-0.3, -0.25) is 9.97 Å². The molecule has 3 aromatic heterocycles. The lowest BCUT2D eigenvalue weighted by Crippen LogP contribution is -1.92. The topological polar surface area (TPSA) is 38.7 Å². The van der Waals surface area contributed by atoms with E-state index >= 15 is 0 Å². The van der Waals surface area contributed by atoms with Crippen LogP contribution in [0, 0.1) is 6.92 Å². The van der Waals surface area contributed by atoms with Crippen molar-refractivity contribution >= 4 is 0 Å². The smallest absolute Gasteiger partial charge is 0.0731 e. The SMILES string of the molecule is Cc1ccc(-c2cc(-c3cccnc3)nc(-c3cccnc3)c2)cc1. The van der Waals surface area contributed by atoms with Gasteiger partial charge in [-0.05, 0) is 54.4 Å². The predicted octanol–water partition coefficient (Wildman–Crippen LogP) is 5.18. The van der Waals surface area contributed by atoms with Crippen LogP contribution in [0.4, 0.5) is 0 Å². The molecule has 3 heterocycles. The largest absolute Gasteiger partial charge is 0.264 e. The molecule has 0 aliphatic heterocycles. The quantitative estimate of drug-likeness (QED) is 0.521. The summed E-state index contributed by atoms with van der Waals surface area (Å²) in [5.41, 5.74) is 7.37. The van der Waals surface area contributed by atoms with Crippen LogP contribution in [0.3, 0.4) is 0 Å². The Morgan fingerprint density at radius 1 is 0.600 bits per heavy atom. The van der Waals surface area contributed by atoms with Crippen LogP contribution in [0.2, 0.25) is 0 Å². The van der Waals surface area contributed by atoms with Crippen LogP contribution < -0.4 is 0 Å². The lowest BCUT2D eigenvalue weighted by molar-refractivity contribution is 1.26. The van der Waals surface area contributed by atoms with Gasteiger partial charge in [-0.25, -0.2) is 4.98 Å². The minimum Gasteiger partial charge on any atom is -0.264 e. The molecule has 3 nitrogen and oxygen atoms in total. The summed E-state index contributed by atoms with van der Waals surface area (Å²) >= 11 is 0. The fourth-order valence-corrected chi connectivity index (χ4v) is 2.77. The van der Waals surface area contributed by atoms with Gasteiger partial charge in [0.1, 0.15) is 0 Å². The van der Waals surface area contributed by atoms with Gasteiger partial charge >= 0.3 is 0 Å². The minimum absolute atomic E-state index is 0.907. The molecule has 0 bridgehead atoms. The van der Waals surface area contributed by atoms with E-state index < -0.39 is 0 Å². The Bertz CT molecular complexity index is 921. The van der Waals surface area contributed by atoms with Gasteiger partial charge < -0.3 is 0 Å². The van der Waals surface area contributed by atoms with Crippen molar-refractivity contribution in [1.29, 1.82) is 0 Å². The Labute approximate surface area is 147 Å². The molecule has 0 saturated heterocycles. The molecule has 0 unspecified atom stereocenters. The van der Waals surface area contributed by atoms with Crippen LogP contribution in [0.25, 0.3) is 33.6 Å². The second kappa shape index (κ2) is 6.65. The fraction of sp³-hybridized carbons (Fsp3) is 0.0455. The van der Waals surface area contributed by atoms with Gasteiger partial charge in [0.05, 0.1) is 11.4 Å². The van der Waals surface area contributed by atoms with Crippen molar-refractivity contribution < 1.29 is 0 Å². The van der Waals surface area contributed by atoms with Crippen molar-refractivity contribution in [3.8, 4) is 33.6 Å². The van der Waals surface area contributed by atoms with Crippen molar-refractivity contribution in [2.24, 2.45) is 0 Å². The summed E-state index contributed by atoms with van der Waals surface area (Å²) in [5.74, 6) is 0. The van der Waals surface area contributed by atoms with E-state index in [0.29, 0.717) is 0 Å². The zero-order valence-electron chi connectivity index (χ0n) is 13.9. The summed E-state index contributed by atoms with van der Waals surface area (Å²) in [6.45, 7) is 2.10. The van der Waals surface area contributed by atoms with Crippen LogP contribution in [0.1, 0.15) is 5.56 Å². The summed E-state index contributed by atoms with van der Waals surface area (Å²) in [6.07, 6.45) is 7.23. The Kier molecular flexibility index (Phi) is 4.05. The van der Waals surface area contributed by atoms with Crippen molar-refractivity contribution in [1.82, 2.24) is 15.0 Å². The summed E-state index contributed by atoms with van der Waals surface area (Å²) in [4.78, 5) is 13.3. The first-order chi connectivity index (χ1) is 12.3. The van der Waals surface area contributed by atoms with Gasteiger partial charge in [-0.2, -0.15) is 0 Å². The lowest BCUT2D eigenvalue weighted by atomic mass is 10.0. The van der Waals surface area contributed by atoms with E-state index in [4.69, 9.17) is 4.98 Å². The third-order valence-corrected chi connectivity index (χ3v) is 4.12. The summed E-state index contributed by atoms with van der Waals surface area (Å²) in [6, 6.07) is 20.7. The van der Waals surface area contributed by atoms with E-state index in [9.17, 15) is 0 Å². The van der Waals surface area contributed by atoms with Crippen molar-refractivity contribution in [3.63, 3.8) is 0 Å². The van der Waals surface area contributed by atoms with Gasteiger partial charge in [-0.1, -0.05) is 29.8 Å². The van der Waals surface area contributed by atoms with E-state index in [1.807, 2.05) is 36.7 Å². The average Bonchev–Trinajstić information content (AvgIpc) is 2.69. The monoisotopic (exact) mass is 323 g/mol. The third-order valence-electron chi connectivity index (χ3n) is 4.12. The Hall–Kier alpha value is -3.33. The summed E-state index contributed by atoms with van der Waals surface area (Å²) in [7, 11) is 0. The zero-order chi connectivity index (χ0) is 17.1. The number of hydrogen-bond acceptors (Lipinski definition) is 3. The van der Waals surface area contributed by atoms with Crippen molar-refractivity contribution in [3.05, 3.63) is 91.0 Å². The maximum atomic E-state index is 4.84. The van der Waals surface area contributed by atoms with E-state index in [1.54, 1.807) is 12.4 Å². The highest BCUT2D eigenvalue weighted by atomic mass is 14.7. The molecule has 0 aliphatic carbocycles. The molecule has 25 heavy (non-hydrogen) atoms. The van der Waals surface area contributed by atoms with Crippen LogP contribution in [-0.2, 0) is 0 Å². The zero-order valence-corrected chi connectivity index (χ0v) is 13.9. The molecule has 3 heteroatoms. The second-order valence-corrected chi connectivity index (χ2v) is 5.98. The molecular weight excluding hydrogens is 306 g/mol. The average molecular weight is 323 g/mol. The number of aryl methyl sites for hydroxylation is 1. The molecule has 0 N–H and O–H groups in total. The molecule has 0 radical (unpaired) electrons. The van der Waals surface area contributed by atoms with E-state index in [1.165, 1.54) is 11.1 Å². The highest BCUT2D eigenvalue weighted by molar-refractivity contribution is 5.76. The Balaban J connectivity index is 1.90. The molecule has 0 saturated carbocycles. The molecule has 0 amide bonds. The van der Waals surface area contributed by atoms with Crippen molar-refractivity contribution in [2.45, 2.75) is 6.92 Å². The molecule has 1 aromatic carbocycles. The molecule has 0 aliphatic rings. The number of aromatic nitrogens is 3. The van der Waals surface area contributed by atoms with E-state index in [-0.39, 0.29) is 0 Å². The van der Waals surface area contributed by atoms with Gasteiger partial charge in [0.15, 0.2) is 0 Å². The molecule has 4 aromatic rings. The third kappa shape index (κ3) is 3.31. The first-order valence-corrected chi connectivity index (χ1v) is 8.19. The molecule has 120 valence electrons. The van der Waals surface area contributed by atoms with Crippen LogP contribution in [-0.4, -0.2) is 15.0 Å². The predicted molar refractivity (Wildman–Crippen MR) is 101 cm³/mol. The van der Waals surface area contributed by atoms with Gasteiger partial charge in [0.2, 0.25) is 0 Å². The summed E-state index contributed by atoms with van der Waals surface area (Å²) < 4.78 is 0. The van der Waals surface area contributed by atoms with Crippen molar-refractivity contribution in [2.75, 3.05) is 0 Å². The number of hydrogen-bond donors (Lipinski definition) is 0. The maximum Gasteiger partial charge on any atom is 0.0731 e.